The van der Waals surface area contributed by atoms with Crippen LogP contribution in [0.5, 0.6) is 5.75 Å². The molecule has 2 aliphatic rings. The minimum atomic E-state index is 0. The summed E-state index contributed by atoms with van der Waals surface area (Å²) < 4.78 is 0. The van der Waals surface area contributed by atoms with Gasteiger partial charge in [0.1, 0.15) is 5.75 Å². The Morgan fingerprint density at radius 1 is 0.615 bits per heavy atom. The van der Waals surface area contributed by atoms with Crippen LogP contribution in [-0.2, 0) is 19.5 Å². The van der Waals surface area contributed by atoms with Gasteiger partial charge in [-0.25, -0.2) is 9.97 Å². The van der Waals surface area contributed by atoms with Crippen molar-refractivity contribution in [2.75, 3.05) is 0 Å². The van der Waals surface area contributed by atoms with Crippen LogP contribution in [0.1, 0.15) is 22.8 Å². The monoisotopic (exact) mass is 390 g/mol. The van der Waals surface area contributed by atoms with Gasteiger partial charge in [0.2, 0.25) is 0 Å². The van der Waals surface area contributed by atoms with Crippen LogP contribution in [0.2, 0.25) is 0 Å². The Labute approximate surface area is 161 Å². The quantitative estimate of drug-likeness (QED) is 0.343. The number of fused-ring (bicyclic) bond motifs is 8. The zero-order valence-electron chi connectivity index (χ0n) is 13.9. The third kappa shape index (κ3) is 3.11. The van der Waals surface area contributed by atoms with E-state index in [1.807, 2.05) is 60.7 Å². The Morgan fingerprint density at radius 2 is 1.12 bits per heavy atom. The molecule has 0 atom stereocenters. The topological polar surface area (TPSA) is 77.6 Å². The van der Waals surface area contributed by atoms with E-state index in [1.165, 1.54) is 0 Å². The summed E-state index contributed by atoms with van der Waals surface area (Å²) in [5.74, 6) is 0.191. The second-order valence-electron chi connectivity index (χ2n) is 6.06. The number of hydrogen-bond donors (Lipinski definition) is 3. The summed E-state index contributed by atoms with van der Waals surface area (Å²) in [6.45, 7) is 0. The smallest absolute Gasteiger partial charge is 0.141 e. The molecule has 2 aliphatic heterocycles. The Bertz CT molecular complexity index is 1220. The van der Waals surface area contributed by atoms with Gasteiger partial charge >= 0.3 is 0 Å². The maximum atomic E-state index is 10.2. The normalized spacial score (nSPS) is 12.2. The average molecular weight is 392 g/mol. The largest absolute Gasteiger partial charge is 0.506 e. The number of nitrogens with one attached hydrogen (secondary N) is 2. The van der Waals surface area contributed by atoms with Crippen LogP contribution in [0.15, 0.2) is 42.5 Å². The van der Waals surface area contributed by atoms with Crippen LogP contribution < -0.4 is 0 Å². The van der Waals surface area contributed by atoms with Gasteiger partial charge in [-0.1, -0.05) is 0 Å². The van der Waals surface area contributed by atoms with Crippen molar-refractivity contribution in [2.24, 2.45) is 0 Å². The van der Waals surface area contributed by atoms with E-state index < -0.39 is 0 Å². The summed E-state index contributed by atoms with van der Waals surface area (Å²) in [5, 5.41) is 10.2. The Kier molecular flexibility index (Phi) is 4.05. The molecular formula is C20H14N4OZn. The molecule has 0 radical (unpaired) electrons. The molecule has 0 aromatic carbocycles. The summed E-state index contributed by atoms with van der Waals surface area (Å²) >= 11 is 0. The van der Waals surface area contributed by atoms with Gasteiger partial charge in [-0.3, -0.25) is 0 Å². The molecule has 8 bridgehead atoms. The molecule has 5 heterocycles. The minimum absolute atomic E-state index is 0. The van der Waals surface area contributed by atoms with Crippen LogP contribution in [-0.4, -0.2) is 25.0 Å². The molecule has 3 N–H and O–H groups in total. The van der Waals surface area contributed by atoms with Gasteiger partial charge in [-0.15, -0.1) is 0 Å². The van der Waals surface area contributed by atoms with Gasteiger partial charge in [0.15, 0.2) is 0 Å². The molecule has 122 valence electrons. The van der Waals surface area contributed by atoms with Crippen molar-refractivity contribution >= 4 is 46.4 Å². The molecule has 0 saturated heterocycles. The molecule has 0 aliphatic carbocycles. The predicted molar refractivity (Wildman–Crippen MR) is 101 cm³/mol. The molecule has 26 heavy (non-hydrogen) atoms. The summed E-state index contributed by atoms with van der Waals surface area (Å²) in [6, 6.07) is 13.4. The maximum absolute atomic E-state index is 10.2. The van der Waals surface area contributed by atoms with Gasteiger partial charge in [0, 0.05) is 42.1 Å². The van der Waals surface area contributed by atoms with Crippen molar-refractivity contribution in [2.45, 2.75) is 0 Å². The number of nitrogens with zero attached hydrogens (tertiary/aromatic N) is 2. The first kappa shape index (κ1) is 16.5. The zero-order chi connectivity index (χ0) is 16.8. The number of aromatic amines is 2. The molecule has 0 spiro atoms. The number of aromatic hydroxyl groups is 1. The molecule has 0 fully saturated rings. The minimum Gasteiger partial charge on any atom is -0.506 e. The maximum Gasteiger partial charge on any atom is 0.141 e. The molecule has 5 nitrogen and oxygen atoms in total. The van der Waals surface area contributed by atoms with E-state index in [9.17, 15) is 5.11 Å². The van der Waals surface area contributed by atoms with Crippen molar-refractivity contribution in [1.29, 1.82) is 0 Å². The summed E-state index contributed by atoms with van der Waals surface area (Å²) in [7, 11) is 0. The van der Waals surface area contributed by atoms with E-state index in [2.05, 4.69) is 19.9 Å². The second-order valence-corrected chi connectivity index (χ2v) is 6.06. The van der Waals surface area contributed by atoms with Crippen molar-refractivity contribution in [1.82, 2.24) is 19.9 Å². The van der Waals surface area contributed by atoms with Crippen LogP contribution in [0.4, 0.5) is 0 Å². The number of hydrogen-bond acceptors (Lipinski definition) is 3. The second kappa shape index (κ2) is 6.39. The van der Waals surface area contributed by atoms with Gasteiger partial charge < -0.3 is 15.1 Å². The molecule has 0 unspecified atom stereocenters. The Hall–Kier alpha value is -2.98. The Morgan fingerprint density at radius 3 is 1.69 bits per heavy atom. The van der Waals surface area contributed by atoms with E-state index >= 15 is 0 Å². The van der Waals surface area contributed by atoms with Gasteiger partial charge in [-0.05, 0) is 60.7 Å². The first-order valence-electron chi connectivity index (χ1n) is 7.99. The molecular weight excluding hydrogens is 378 g/mol. The van der Waals surface area contributed by atoms with E-state index in [4.69, 9.17) is 0 Å². The third-order valence-electron chi connectivity index (χ3n) is 4.15. The number of H-pyrrole nitrogens is 2. The fourth-order valence-corrected chi connectivity index (χ4v) is 3.00. The fraction of sp³-hybridized carbons (Fsp3) is 0. The van der Waals surface area contributed by atoms with E-state index in [0.717, 1.165) is 39.3 Å². The fourth-order valence-electron chi connectivity index (χ4n) is 3.00. The standard InChI is InChI=1S/C20H14N4O.Zn/c25-20-11-18-9-16-4-3-14(22-16)7-12-1-2-13(21-12)8-15-5-6-17(23-15)10-19(20)24-18;/h1-11,21,24-25H;. The van der Waals surface area contributed by atoms with Crippen molar-refractivity contribution in [3.05, 3.63) is 65.2 Å². The number of aromatic nitrogens is 4. The SMILES string of the molecule is Oc1cc2cc3nc(cc4ccc(cc5nc(cc1[nH]2)C=C5)[nH]4)C=C3.[Zn]. The van der Waals surface area contributed by atoms with E-state index in [1.54, 1.807) is 6.07 Å². The molecule has 3 aromatic heterocycles. The van der Waals surface area contributed by atoms with Crippen LogP contribution >= 0.6 is 0 Å². The third-order valence-corrected chi connectivity index (χ3v) is 4.15. The molecule has 3 aromatic rings. The summed E-state index contributed by atoms with van der Waals surface area (Å²) in [6.07, 6.45) is 7.79. The molecule has 0 amide bonds. The average Bonchev–Trinajstić information content (AvgIpc) is 3.33. The van der Waals surface area contributed by atoms with Gasteiger partial charge in [0.05, 0.1) is 28.3 Å². The van der Waals surface area contributed by atoms with Gasteiger partial charge in [0.25, 0.3) is 0 Å². The van der Waals surface area contributed by atoms with E-state index in [-0.39, 0.29) is 25.2 Å². The van der Waals surface area contributed by atoms with Crippen molar-refractivity contribution < 1.29 is 24.6 Å². The van der Waals surface area contributed by atoms with Crippen LogP contribution in [0.25, 0.3) is 46.4 Å². The number of rotatable bonds is 0. The van der Waals surface area contributed by atoms with Gasteiger partial charge in [-0.2, -0.15) is 0 Å². The van der Waals surface area contributed by atoms with Crippen molar-refractivity contribution in [3.63, 3.8) is 0 Å². The molecule has 5 rings (SSSR count). The first-order chi connectivity index (χ1) is 12.2. The Balaban J connectivity index is 0.00000168. The zero-order valence-corrected chi connectivity index (χ0v) is 16.9. The van der Waals surface area contributed by atoms with Crippen molar-refractivity contribution in [3.8, 4) is 5.75 Å². The first-order valence-corrected chi connectivity index (χ1v) is 7.99. The summed E-state index contributed by atoms with van der Waals surface area (Å²) in [4.78, 5) is 15.7. The molecule has 6 heteroatoms. The van der Waals surface area contributed by atoms with Crippen LogP contribution in [0, 0.1) is 0 Å². The predicted octanol–water partition coefficient (Wildman–Crippen LogP) is 4.36. The van der Waals surface area contributed by atoms with E-state index in [0.29, 0.717) is 5.52 Å². The summed E-state index contributed by atoms with van der Waals surface area (Å²) in [5.41, 5.74) is 6.74. The molecule has 0 saturated carbocycles. The van der Waals surface area contributed by atoms with Crippen LogP contribution in [0.3, 0.4) is 0 Å².